The molecule has 0 saturated carbocycles. The Morgan fingerprint density at radius 1 is 1.20 bits per heavy atom. The highest BCUT2D eigenvalue weighted by molar-refractivity contribution is 7.97. The van der Waals surface area contributed by atoms with Gasteiger partial charge >= 0.3 is 0 Å². The molecule has 1 aromatic rings. The number of nitrogens with one attached hydrogen (secondary N) is 1. The van der Waals surface area contributed by atoms with Crippen LogP contribution >= 0.6 is 11.9 Å². The second-order valence-electron chi connectivity index (χ2n) is 6.50. The average Bonchev–Trinajstić information content (AvgIpc) is 2.67. The highest BCUT2D eigenvalue weighted by atomic mass is 32.2. The third-order valence-corrected chi connectivity index (χ3v) is 6.40. The van der Waals surface area contributed by atoms with E-state index in [1.54, 1.807) is 24.1 Å². The van der Waals surface area contributed by atoms with E-state index in [4.69, 9.17) is 9.94 Å². The first kappa shape index (κ1) is 18.4. The predicted molar refractivity (Wildman–Crippen MR) is 95.1 cm³/mol. The van der Waals surface area contributed by atoms with Gasteiger partial charge in [0.05, 0.1) is 5.41 Å². The van der Waals surface area contributed by atoms with Crippen LogP contribution in [-0.2, 0) is 9.53 Å². The lowest BCUT2D eigenvalue weighted by atomic mass is 9.81. The Morgan fingerprint density at radius 2 is 1.84 bits per heavy atom. The van der Waals surface area contributed by atoms with Gasteiger partial charge in [-0.1, -0.05) is 11.9 Å². The summed E-state index contributed by atoms with van der Waals surface area (Å²) < 4.78 is 20.7. The fourth-order valence-electron chi connectivity index (χ4n) is 3.26. The van der Waals surface area contributed by atoms with E-state index in [1.165, 1.54) is 12.1 Å². The summed E-state index contributed by atoms with van der Waals surface area (Å²) in [5.74, 6) is 0.106. The maximum Gasteiger partial charge on any atom is 0.250 e. The zero-order valence-electron chi connectivity index (χ0n) is 14.1. The van der Waals surface area contributed by atoms with E-state index in [-0.39, 0.29) is 11.7 Å². The Morgan fingerprint density at radius 3 is 2.44 bits per heavy atom. The fourth-order valence-corrected chi connectivity index (χ4v) is 4.53. The average molecular weight is 369 g/mol. The smallest absolute Gasteiger partial charge is 0.250 e. The Hall–Kier alpha value is -1.35. The second kappa shape index (κ2) is 8.35. The van der Waals surface area contributed by atoms with Crippen molar-refractivity contribution in [3.8, 4) is 0 Å². The Bertz CT molecular complexity index is 573. The molecule has 1 amide bonds. The lowest BCUT2D eigenvalue weighted by molar-refractivity contribution is -0.143. The summed E-state index contributed by atoms with van der Waals surface area (Å²) >= 11 is 1.67. The largest absolute Gasteiger partial charge is 0.381 e. The van der Waals surface area contributed by atoms with Crippen LogP contribution in [0.2, 0.25) is 0 Å². The lowest BCUT2D eigenvalue weighted by Crippen LogP contribution is -2.48. The molecule has 6 nitrogen and oxygen atoms in total. The van der Waals surface area contributed by atoms with Crippen molar-refractivity contribution < 1.29 is 19.1 Å². The fraction of sp³-hybridized carbons (Fsp3) is 0.588. The third kappa shape index (κ3) is 4.44. The van der Waals surface area contributed by atoms with Gasteiger partial charge in [0.2, 0.25) is 0 Å². The van der Waals surface area contributed by atoms with Crippen LogP contribution in [-0.4, -0.2) is 60.6 Å². The maximum absolute atomic E-state index is 13.0. The normalized spacial score (nSPS) is 21.1. The van der Waals surface area contributed by atoms with Crippen molar-refractivity contribution in [1.29, 1.82) is 0 Å². The Labute approximate surface area is 151 Å². The Balaban J connectivity index is 1.51. The number of carbonyl (C=O) groups excluding carboxylic acids is 1. The van der Waals surface area contributed by atoms with E-state index in [9.17, 15) is 9.18 Å². The third-order valence-electron chi connectivity index (χ3n) is 4.99. The monoisotopic (exact) mass is 369 g/mol. The molecule has 25 heavy (non-hydrogen) atoms. The van der Waals surface area contributed by atoms with E-state index < -0.39 is 5.41 Å². The number of piperazine rings is 1. The molecule has 8 heteroatoms. The molecule has 2 N–H and O–H groups in total. The molecule has 0 radical (unpaired) electrons. The van der Waals surface area contributed by atoms with Gasteiger partial charge in [-0.2, -0.15) is 0 Å². The topological polar surface area (TPSA) is 65.0 Å². The van der Waals surface area contributed by atoms with Gasteiger partial charge in [-0.25, -0.2) is 14.2 Å². The molecule has 0 bridgehead atoms. The molecule has 2 aliphatic heterocycles. The minimum atomic E-state index is -0.564. The van der Waals surface area contributed by atoms with E-state index in [0.717, 1.165) is 31.9 Å². The number of nitrogens with zero attached hydrogens (tertiary/aromatic N) is 2. The van der Waals surface area contributed by atoms with Crippen LogP contribution in [0.4, 0.5) is 10.1 Å². The van der Waals surface area contributed by atoms with Crippen molar-refractivity contribution >= 4 is 23.5 Å². The molecule has 2 aliphatic rings. The first-order valence-corrected chi connectivity index (χ1v) is 9.48. The standard InChI is InChI=1S/C17H24FN3O3S/c18-14-1-3-15(4-2-14)20-7-9-21(10-8-20)25-13-17(16(22)19-23)5-11-24-12-6-17/h1-4,23H,5-13H2,(H,19,22). The quantitative estimate of drug-likeness (QED) is 0.470. The van der Waals surface area contributed by atoms with Crippen LogP contribution in [0.1, 0.15) is 12.8 Å². The zero-order valence-corrected chi connectivity index (χ0v) is 14.9. The molecule has 0 unspecified atom stereocenters. The zero-order chi connectivity index (χ0) is 17.7. The number of amides is 1. The molecule has 1 aromatic carbocycles. The molecule has 3 rings (SSSR count). The summed E-state index contributed by atoms with van der Waals surface area (Å²) in [6, 6.07) is 6.58. The van der Waals surface area contributed by atoms with Crippen LogP contribution in [0.15, 0.2) is 24.3 Å². The van der Waals surface area contributed by atoms with Crippen molar-refractivity contribution in [3.05, 3.63) is 30.1 Å². The van der Waals surface area contributed by atoms with Gasteiger partial charge in [0.15, 0.2) is 0 Å². The molecule has 0 aromatic heterocycles. The van der Waals surface area contributed by atoms with Crippen LogP contribution in [0.3, 0.4) is 0 Å². The van der Waals surface area contributed by atoms with Crippen molar-refractivity contribution in [2.45, 2.75) is 12.8 Å². The summed E-state index contributed by atoms with van der Waals surface area (Å²) in [6.07, 6.45) is 1.25. The molecular formula is C17H24FN3O3S. The number of hydrogen-bond acceptors (Lipinski definition) is 6. The molecule has 2 saturated heterocycles. The van der Waals surface area contributed by atoms with Gasteiger partial charge in [-0.15, -0.1) is 0 Å². The van der Waals surface area contributed by atoms with Gasteiger partial charge in [0, 0.05) is 50.8 Å². The maximum atomic E-state index is 13.0. The number of hydrogen-bond donors (Lipinski definition) is 2. The van der Waals surface area contributed by atoms with Gasteiger partial charge in [0.25, 0.3) is 5.91 Å². The lowest BCUT2D eigenvalue weighted by Gasteiger charge is -2.39. The van der Waals surface area contributed by atoms with Gasteiger partial charge in [-0.05, 0) is 37.1 Å². The number of carbonyl (C=O) groups is 1. The number of rotatable bonds is 5. The minimum Gasteiger partial charge on any atom is -0.381 e. The van der Waals surface area contributed by atoms with Crippen LogP contribution < -0.4 is 10.4 Å². The van der Waals surface area contributed by atoms with E-state index in [2.05, 4.69) is 9.21 Å². The number of benzene rings is 1. The molecule has 0 spiro atoms. The van der Waals surface area contributed by atoms with Crippen molar-refractivity contribution in [2.75, 3.05) is 50.0 Å². The summed E-state index contributed by atoms with van der Waals surface area (Å²) in [4.78, 5) is 14.4. The van der Waals surface area contributed by atoms with E-state index >= 15 is 0 Å². The number of hydroxylamine groups is 1. The summed E-state index contributed by atoms with van der Waals surface area (Å²) in [7, 11) is 0. The summed E-state index contributed by atoms with van der Waals surface area (Å²) in [6.45, 7) is 4.56. The van der Waals surface area contributed by atoms with Crippen LogP contribution in [0, 0.1) is 11.2 Å². The van der Waals surface area contributed by atoms with Gasteiger partial charge < -0.3 is 9.64 Å². The molecule has 138 valence electrons. The van der Waals surface area contributed by atoms with Crippen LogP contribution in [0.25, 0.3) is 0 Å². The number of anilines is 1. The second-order valence-corrected chi connectivity index (χ2v) is 7.56. The predicted octanol–water partition coefficient (Wildman–Crippen LogP) is 1.90. The molecule has 0 aliphatic carbocycles. The van der Waals surface area contributed by atoms with E-state index in [1.807, 2.05) is 5.48 Å². The van der Waals surface area contributed by atoms with E-state index in [0.29, 0.717) is 31.8 Å². The summed E-state index contributed by atoms with van der Waals surface area (Å²) in [5.41, 5.74) is 2.30. The first-order chi connectivity index (χ1) is 12.1. The SMILES string of the molecule is O=C(NO)C1(CSN2CCN(c3ccc(F)cc3)CC2)CCOCC1. The van der Waals surface area contributed by atoms with Gasteiger partial charge in [0.1, 0.15) is 5.82 Å². The number of halogens is 1. The van der Waals surface area contributed by atoms with Crippen molar-refractivity contribution in [1.82, 2.24) is 9.79 Å². The molecule has 2 fully saturated rings. The molecular weight excluding hydrogens is 345 g/mol. The molecule has 0 atom stereocenters. The van der Waals surface area contributed by atoms with Crippen molar-refractivity contribution in [2.24, 2.45) is 5.41 Å². The highest BCUT2D eigenvalue weighted by Gasteiger charge is 2.40. The molecule has 2 heterocycles. The Kier molecular flexibility index (Phi) is 6.16. The first-order valence-electron chi connectivity index (χ1n) is 8.54. The van der Waals surface area contributed by atoms with Gasteiger partial charge in [-0.3, -0.25) is 10.0 Å². The van der Waals surface area contributed by atoms with Crippen LogP contribution in [0.5, 0.6) is 0 Å². The minimum absolute atomic E-state index is 0.220. The highest BCUT2D eigenvalue weighted by Crippen LogP contribution is 2.35. The van der Waals surface area contributed by atoms with Crippen molar-refractivity contribution in [3.63, 3.8) is 0 Å². The summed E-state index contributed by atoms with van der Waals surface area (Å²) in [5, 5.41) is 9.07. The number of ether oxygens (including phenoxy) is 1.